The summed E-state index contributed by atoms with van der Waals surface area (Å²) in [6.07, 6.45) is 1.37. The highest BCUT2D eigenvalue weighted by atomic mass is 19.1. The highest BCUT2D eigenvalue weighted by molar-refractivity contribution is 5.91. The van der Waals surface area contributed by atoms with Crippen molar-refractivity contribution in [1.82, 2.24) is 5.32 Å². The molecule has 0 radical (unpaired) electrons. The number of benzene rings is 2. The quantitative estimate of drug-likeness (QED) is 0.915. The lowest BCUT2D eigenvalue weighted by atomic mass is 9.94. The Kier molecular flexibility index (Phi) is 3.23. The summed E-state index contributed by atoms with van der Waals surface area (Å²) in [6.45, 7) is 0. The van der Waals surface area contributed by atoms with Crippen molar-refractivity contribution in [3.05, 3.63) is 71.0 Å². The molecule has 2 aromatic rings. The van der Waals surface area contributed by atoms with Gasteiger partial charge in [0.15, 0.2) is 0 Å². The second kappa shape index (κ2) is 5.17. The summed E-state index contributed by atoms with van der Waals surface area (Å²) in [5.74, 6) is -0.448. The first-order chi connectivity index (χ1) is 11.1. The molecule has 0 saturated heterocycles. The second-order valence-electron chi connectivity index (χ2n) is 6.51. The SMILES string of the molecule is O=C(N[C@H]1c2ccccc2C[C@H]1O)C1(c2cccc(F)c2)CC1. The number of rotatable bonds is 3. The molecule has 2 aliphatic carbocycles. The molecule has 0 spiro atoms. The third kappa shape index (κ3) is 2.34. The van der Waals surface area contributed by atoms with Gasteiger partial charge in [-0.1, -0.05) is 36.4 Å². The van der Waals surface area contributed by atoms with Crippen molar-refractivity contribution < 1.29 is 14.3 Å². The number of nitrogens with one attached hydrogen (secondary N) is 1. The summed E-state index contributed by atoms with van der Waals surface area (Å²) in [6, 6.07) is 13.6. The highest BCUT2D eigenvalue weighted by Gasteiger charge is 2.52. The number of hydrogen-bond acceptors (Lipinski definition) is 2. The normalized spacial score (nSPS) is 24.1. The van der Waals surface area contributed by atoms with Crippen molar-refractivity contribution in [1.29, 1.82) is 0 Å². The average molecular weight is 311 g/mol. The molecule has 4 heteroatoms. The lowest BCUT2D eigenvalue weighted by molar-refractivity contribution is -0.125. The van der Waals surface area contributed by atoms with E-state index in [4.69, 9.17) is 0 Å². The van der Waals surface area contributed by atoms with Gasteiger partial charge in [-0.05, 0) is 41.7 Å². The van der Waals surface area contributed by atoms with Gasteiger partial charge in [-0.15, -0.1) is 0 Å². The monoisotopic (exact) mass is 311 g/mol. The van der Waals surface area contributed by atoms with Crippen LogP contribution in [0.4, 0.5) is 4.39 Å². The molecule has 2 atom stereocenters. The van der Waals surface area contributed by atoms with E-state index in [9.17, 15) is 14.3 Å². The fourth-order valence-electron chi connectivity index (χ4n) is 3.59. The van der Waals surface area contributed by atoms with E-state index in [0.717, 1.165) is 16.7 Å². The Balaban J connectivity index is 1.59. The molecule has 3 nitrogen and oxygen atoms in total. The van der Waals surface area contributed by atoms with Crippen molar-refractivity contribution in [2.75, 3.05) is 0 Å². The molecule has 0 heterocycles. The molecule has 1 saturated carbocycles. The Morgan fingerprint density at radius 3 is 2.70 bits per heavy atom. The van der Waals surface area contributed by atoms with E-state index in [0.29, 0.717) is 19.3 Å². The van der Waals surface area contributed by atoms with Crippen LogP contribution < -0.4 is 5.32 Å². The molecule has 0 aliphatic heterocycles. The largest absolute Gasteiger partial charge is 0.390 e. The first-order valence-corrected chi connectivity index (χ1v) is 7.93. The number of halogens is 1. The Hall–Kier alpha value is -2.20. The molecular weight excluding hydrogens is 293 g/mol. The van der Waals surface area contributed by atoms with Crippen LogP contribution in [-0.2, 0) is 16.6 Å². The van der Waals surface area contributed by atoms with Gasteiger partial charge in [0.05, 0.1) is 17.6 Å². The molecule has 4 rings (SSSR count). The standard InChI is InChI=1S/C19H18FNO2/c20-14-6-3-5-13(11-14)19(8-9-19)18(23)21-17-15-7-2-1-4-12(15)10-16(17)22/h1-7,11,16-17,22H,8-10H2,(H,21,23)/t16-,17+/m1/s1. The fourth-order valence-corrected chi connectivity index (χ4v) is 3.59. The number of carbonyl (C=O) groups excluding carboxylic acids is 1. The summed E-state index contributed by atoms with van der Waals surface area (Å²) in [5.41, 5.74) is 2.12. The number of fused-ring (bicyclic) bond motifs is 1. The van der Waals surface area contributed by atoms with Crippen molar-refractivity contribution >= 4 is 5.91 Å². The smallest absolute Gasteiger partial charge is 0.231 e. The number of carbonyl (C=O) groups is 1. The van der Waals surface area contributed by atoms with Crippen molar-refractivity contribution in [2.24, 2.45) is 0 Å². The van der Waals surface area contributed by atoms with Gasteiger partial charge in [0.25, 0.3) is 0 Å². The lowest BCUT2D eigenvalue weighted by Gasteiger charge is -2.22. The minimum atomic E-state index is -0.640. The Morgan fingerprint density at radius 1 is 1.17 bits per heavy atom. The van der Waals surface area contributed by atoms with Crippen LogP contribution in [0.25, 0.3) is 0 Å². The minimum Gasteiger partial charge on any atom is -0.390 e. The van der Waals surface area contributed by atoms with Gasteiger partial charge in [-0.3, -0.25) is 4.79 Å². The highest BCUT2D eigenvalue weighted by Crippen LogP contribution is 2.49. The van der Waals surface area contributed by atoms with E-state index < -0.39 is 11.5 Å². The Labute approximate surface area is 134 Å². The Bertz CT molecular complexity index is 769. The number of aliphatic hydroxyl groups excluding tert-OH is 1. The molecule has 118 valence electrons. The summed E-state index contributed by atoms with van der Waals surface area (Å²) in [5, 5.41) is 13.3. The molecule has 1 amide bonds. The van der Waals surface area contributed by atoms with Gasteiger partial charge in [0.2, 0.25) is 5.91 Å². The molecule has 0 unspecified atom stereocenters. The summed E-state index contributed by atoms with van der Waals surface area (Å²) in [7, 11) is 0. The van der Waals surface area contributed by atoms with Gasteiger partial charge in [-0.2, -0.15) is 0 Å². The summed E-state index contributed by atoms with van der Waals surface area (Å²) >= 11 is 0. The van der Waals surface area contributed by atoms with Crippen molar-refractivity contribution in [3.8, 4) is 0 Å². The van der Waals surface area contributed by atoms with Crippen LogP contribution in [0.2, 0.25) is 0 Å². The maximum absolute atomic E-state index is 13.5. The van der Waals surface area contributed by atoms with Crippen LogP contribution in [0.5, 0.6) is 0 Å². The van der Waals surface area contributed by atoms with Crippen LogP contribution in [0, 0.1) is 5.82 Å². The molecule has 2 aromatic carbocycles. The van der Waals surface area contributed by atoms with E-state index in [1.54, 1.807) is 12.1 Å². The van der Waals surface area contributed by atoms with E-state index >= 15 is 0 Å². The predicted octanol–water partition coefficient (Wildman–Crippen LogP) is 2.63. The number of amides is 1. The van der Waals surface area contributed by atoms with Crippen LogP contribution in [-0.4, -0.2) is 17.1 Å². The molecule has 23 heavy (non-hydrogen) atoms. The van der Waals surface area contributed by atoms with E-state index in [2.05, 4.69) is 5.32 Å². The summed E-state index contributed by atoms with van der Waals surface area (Å²) in [4.78, 5) is 12.8. The van der Waals surface area contributed by atoms with Crippen LogP contribution in [0.15, 0.2) is 48.5 Å². The molecule has 0 aromatic heterocycles. The second-order valence-corrected chi connectivity index (χ2v) is 6.51. The third-order valence-electron chi connectivity index (χ3n) is 5.05. The van der Waals surface area contributed by atoms with Gasteiger partial charge >= 0.3 is 0 Å². The van der Waals surface area contributed by atoms with Crippen molar-refractivity contribution in [2.45, 2.75) is 36.8 Å². The molecular formula is C19H18FNO2. The zero-order valence-corrected chi connectivity index (χ0v) is 12.6. The summed E-state index contributed by atoms with van der Waals surface area (Å²) < 4.78 is 13.5. The van der Waals surface area contributed by atoms with Gasteiger partial charge in [-0.25, -0.2) is 4.39 Å². The van der Waals surface area contributed by atoms with Crippen LogP contribution in [0.3, 0.4) is 0 Å². The molecule has 2 N–H and O–H groups in total. The van der Waals surface area contributed by atoms with Crippen molar-refractivity contribution in [3.63, 3.8) is 0 Å². The maximum atomic E-state index is 13.5. The molecule has 2 aliphatic rings. The van der Waals surface area contributed by atoms with E-state index in [1.807, 2.05) is 24.3 Å². The van der Waals surface area contributed by atoms with Crippen LogP contribution >= 0.6 is 0 Å². The van der Waals surface area contributed by atoms with Crippen LogP contribution in [0.1, 0.15) is 35.6 Å². The van der Waals surface area contributed by atoms with E-state index in [1.165, 1.54) is 12.1 Å². The zero-order valence-electron chi connectivity index (χ0n) is 12.6. The van der Waals surface area contributed by atoms with Gasteiger partial charge < -0.3 is 10.4 Å². The predicted molar refractivity (Wildman–Crippen MR) is 84.3 cm³/mol. The maximum Gasteiger partial charge on any atom is 0.231 e. The van der Waals surface area contributed by atoms with Gasteiger partial charge in [0.1, 0.15) is 5.82 Å². The topological polar surface area (TPSA) is 49.3 Å². The lowest BCUT2D eigenvalue weighted by Crippen LogP contribution is -2.40. The zero-order chi connectivity index (χ0) is 16.0. The fraction of sp³-hybridized carbons (Fsp3) is 0.316. The third-order valence-corrected chi connectivity index (χ3v) is 5.05. The Morgan fingerprint density at radius 2 is 1.96 bits per heavy atom. The molecule has 1 fully saturated rings. The van der Waals surface area contributed by atoms with Gasteiger partial charge in [0, 0.05) is 6.42 Å². The first kappa shape index (κ1) is 14.4. The minimum absolute atomic E-state index is 0.121. The van der Waals surface area contributed by atoms with E-state index in [-0.39, 0.29) is 17.8 Å². The average Bonchev–Trinajstić information content (AvgIpc) is 3.29. The first-order valence-electron chi connectivity index (χ1n) is 7.93. The molecule has 0 bridgehead atoms. The number of hydrogen-bond donors (Lipinski definition) is 2. The number of aliphatic hydroxyl groups is 1.